The molecule has 1 aliphatic carbocycles. The Kier molecular flexibility index (Phi) is 5.65. The van der Waals surface area contributed by atoms with Crippen molar-refractivity contribution in [1.29, 1.82) is 0 Å². The van der Waals surface area contributed by atoms with E-state index in [2.05, 4.69) is 10.6 Å². The zero-order valence-electron chi connectivity index (χ0n) is 13.7. The lowest BCUT2D eigenvalue weighted by molar-refractivity contribution is -0.140. The van der Waals surface area contributed by atoms with Gasteiger partial charge < -0.3 is 25.4 Å². The van der Waals surface area contributed by atoms with Crippen molar-refractivity contribution in [2.24, 2.45) is 5.41 Å². The fraction of sp³-hybridized carbons (Fsp3) is 0.625. The van der Waals surface area contributed by atoms with Crippen molar-refractivity contribution in [3.8, 4) is 0 Å². The summed E-state index contributed by atoms with van der Waals surface area (Å²) in [6.45, 7) is 4.64. The highest BCUT2D eigenvalue weighted by molar-refractivity contribution is 5.82. The van der Waals surface area contributed by atoms with Crippen LogP contribution in [0.1, 0.15) is 19.8 Å². The topological polar surface area (TPSA) is 90.9 Å². The molecule has 128 valence electrons. The maximum absolute atomic E-state index is 12.2. The third kappa shape index (κ3) is 4.72. The molecule has 2 rings (SSSR count). The molecule has 1 heterocycles. The lowest BCUT2D eigenvalue weighted by Crippen LogP contribution is -2.54. The molecule has 0 aromatic heterocycles. The fourth-order valence-corrected chi connectivity index (χ4v) is 2.83. The van der Waals surface area contributed by atoms with Gasteiger partial charge in [-0.25, -0.2) is 9.59 Å². The van der Waals surface area contributed by atoms with Gasteiger partial charge in [-0.15, -0.1) is 0 Å². The van der Waals surface area contributed by atoms with Crippen molar-refractivity contribution < 1.29 is 19.4 Å². The molecule has 7 heteroatoms. The Bertz CT molecular complexity index is 511. The van der Waals surface area contributed by atoms with Gasteiger partial charge in [0.05, 0.1) is 7.11 Å². The predicted octanol–water partition coefficient (Wildman–Crippen LogP) is 0.941. The molecule has 2 aliphatic rings. The molecule has 0 aromatic carbocycles. The van der Waals surface area contributed by atoms with Gasteiger partial charge in [-0.2, -0.15) is 0 Å². The van der Waals surface area contributed by atoms with Crippen molar-refractivity contribution in [3.63, 3.8) is 0 Å². The number of hydrogen-bond donors (Lipinski definition) is 3. The molecule has 0 saturated carbocycles. The predicted molar refractivity (Wildman–Crippen MR) is 86.0 cm³/mol. The van der Waals surface area contributed by atoms with E-state index in [1.807, 2.05) is 25.2 Å². The van der Waals surface area contributed by atoms with Crippen molar-refractivity contribution in [2.45, 2.75) is 25.8 Å². The summed E-state index contributed by atoms with van der Waals surface area (Å²) >= 11 is 0. The molecule has 1 saturated heterocycles. The van der Waals surface area contributed by atoms with E-state index >= 15 is 0 Å². The minimum absolute atomic E-state index is 0.310. The molecule has 2 atom stereocenters. The third-order valence-electron chi connectivity index (χ3n) is 4.33. The second-order valence-electron chi connectivity index (χ2n) is 6.28. The number of ether oxygens (including phenoxy) is 1. The maximum Gasteiger partial charge on any atom is 0.326 e. The number of piperazine rings is 1. The van der Waals surface area contributed by atoms with Gasteiger partial charge in [0.1, 0.15) is 11.8 Å². The zero-order valence-corrected chi connectivity index (χ0v) is 13.7. The summed E-state index contributed by atoms with van der Waals surface area (Å²) in [5.74, 6) is -0.233. The smallest absolute Gasteiger partial charge is 0.326 e. The zero-order chi connectivity index (χ0) is 16.9. The van der Waals surface area contributed by atoms with Crippen LogP contribution in [-0.2, 0) is 9.53 Å². The monoisotopic (exact) mass is 323 g/mol. The van der Waals surface area contributed by atoms with Crippen LogP contribution in [-0.4, -0.2) is 61.3 Å². The standard InChI is InChI=1S/C16H25N3O4/c1-16(5-3-12(23-2)4-6-16)11-13(14(20)21)18-15(22)19-9-7-17-8-10-19/h3-5,13,17H,6-11H2,1-2H3,(H,18,22)(H,20,21)/t13-,16?/m0/s1. The normalized spacial score (nSPS) is 25.5. The van der Waals surface area contributed by atoms with E-state index in [0.717, 1.165) is 18.8 Å². The van der Waals surface area contributed by atoms with E-state index in [0.29, 0.717) is 25.9 Å². The molecule has 2 amide bonds. The number of nitrogens with one attached hydrogen (secondary N) is 2. The van der Waals surface area contributed by atoms with Gasteiger partial charge in [0.2, 0.25) is 0 Å². The first-order chi connectivity index (χ1) is 10.9. The van der Waals surface area contributed by atoms with Gasteiger partial charge in [-0.05, 0) is 30.4 Å². The maximum atomic E-state index is 12.2. The van der Waals surface area contributed by atoms with E-state index in [1.54, 1.807) is 12.0 Å². The Labute approximate surface area is 136 Å². The second-order valence-corrected chi connectivity index (χ2v) is 6.28. The minimum atomic E-state index is -1.01. The lowest BCUT2D eigenvalue weighted by atomic mass is 9.78. The summed E-state index contributed by atoms with van der Waals surface area (Å²) in [5, 5.41) is 15.3. The first-order valence-electron chi connectivity index (χ1n) is 7.86. The molecule has 3 N–H and O–H groups in total. The summed E-state index contributed by atoms with van der Waals surface area (Å²) in [6.07, 6.45) is 6.76. The summed E-state index contributed by atoms with van der Waals surface area (Å²) < 4.78 is 5.16. The van der Waals surface area contributed by atoms with E-state index in [-0.39, 0.29) is 11.4 Å². The number of urea groups is 1. The number of carboxylic acid groups (broad SMARTS) is 1. The fourth-order valence-electron chi connectivity index (χ4n) is 2.83. The highest BCUT2D eigenvalue weighted by Gasteiger charge is 2.32. The summed E-state index contributed by atoms with van der Waals surface area (Å²) in [4.78, 5) is 25.4. The van der Waals surface area contributed by atoms with Gasteiger partial charge in [0, 0.05) is 26.2 Å². The first-order valence-corrected chi connectivity index (χ1v) is 7.86. The lowest BCUT2D eigenvalue weighted by Gasteiger charge is -2.33. The molecular formula is C16H25N3O4. The highest BCUT2D eigenvalue weighted by atomic mass is 16.5. The Morgan fingerprint density at radius 3 is 2.70 bits per heavy atom. The van der Waals surface area contributed by atoms with E-state index in [4.69, 9.17) is 4.74 Å². The Balaban J connectivity index is 1.96. The van der Waals surface area contributed by atoms with Crippen LogP contribution in [0.15, 0.2) is 24.0 Å². The summed E-state index contributed by atoms with van der Waals surface area (Å²) in [6, 6.07) is -1.22. The van der Waals surface area contributed by atoms with Gasteiger partial charge >= 0.3 is 12.0 Å². The Morgan fingerprint density at radius 1 is 1.48 bits per heavy atom. The van der Waals surface area contributed by atoms with Crippen molar-refractivity contribution in [1.82, 2.24) is 15.5 Å². The van der Waals surface area contributed by atoms with Crippen LogP contribution in [0.5, 0.6) is 0 Å². The van der Waals surface area contributed by atoms with Crippen LogP contribution >= 0.6 is 0 Å². The van der Waals surface area contributed by atoms with Gasteiger partial charge in [-0.1, -0.05) is 13.0 Å². The molecule has 0 bridgehead atoms. The van der Waals surface area contributed by atoms with E-state index in [9.17, 15) is 14.7 Å². The molecule has 1 unspecified atom stereocenters. The number of amides is 2. The second kappa shape index (κ2) is 7.50. The quantitative estimate of drug-likeness (QED) is 0.700. The number of aliphatic carboxylic acids is 1. The number of nitrogens with zero attached hydrogens (tertiary/aromatic N) is 1. The average molecular weight is 323 g/mol. The molecule has 0 radical (unpaired) electrons. The number of methoxy groups -OCH3 is 1. The summed E-state index contributed by atoms with van der Waals surface area (Å²) in [7, 11) is 1.60. The summed E-state index contributed by atoms with van der Waals surface area (Å²) in [5.41, 5.74) is -0.318. The number of carbonyl (C=O) groups excluding carboxylic acids is 1. The number of allylic oxidation sites excluding steroid dienone is 3. The van der Waals surface area contributed by atoms with Crippen LogP contribution in [0.4, 0.5) is 4.79 Å². The van der Waals surface area contributed by atoms with Gasteiger partial charge in [-0.3, -0.25) is 0 Å². The highest BCUT2D eigenvalue weighted by Crippen LogP contribution is 2.34. The third-order valence-corrected chi connectivity index (χ3v) is 4.33. The molecule has 1 aliphatic heterocycles. The van der Waals surface area contributed by atoms with Crippen molar-refractivity contribution in [2.75, 3.05) is 33.3 Å². The number of rotatable bonds is 5. The number of hydrogen-bond acceptors (Lipinski definition) is 4. The minimum Gasteiger partial charge on any atom is -0.497 e. The van der Waals surface area contributed by atoms with E-state index < -0.39 is 12.0 Å². The van der Waals surface area contributed by atoms with Crippen LogP contribution in [0.3, 0.4) is 0 Å². The molecule has 23 heavy (non-hydrogen) atoms. The van der Waals surface area contributed by atoms with Crippen LogP contribution in [0, 0.1) is 5.41 Å². The molecule has 0 spiro atoms. The van der Waals surface area contributed by atoms with Gasteiger partial charge in [0.15, 0.2) is 0 Å². The van der Waals surface area contributed by atoms with Crippen molar-refractivity contribution >= 4 is 12.0 Å². The Hall–Kier alpha value is -2.02. The van der Waals surface area contributed by atoms with Crippen LogP contribution in [0.2, 0.25) is 0 Å². The SMILES string of the molecule is COC1=CCC(C)(C[C@H](NC(=O)N2CCNCC2)C(=O)O)C=C1. The van der Waals surface area contributed by atoms with Crippen LogP contribution < -0.4 is 10.6 Å². The molecule has 1 fully saturated rings. The molecule has 0 aromatic rings. The molecule has 7 nitrogen and oxygen atoms in total. The van der Waals surface area contributed by atoms with Crippen molar-refractivity contribution in [3.05, 3.63) is 24.0 Å². The Morgan fingerprint density at radius 2 is 2.17 bits per heavy atom. The number of carbonyl (C=O) groups is 2. The largest absolute Gasteiger partial charge is 0.497 e. The van der Waals surface area contributed by atoms with E-state index in [1.165, 1.54) is 0 Å². The average Bonchev–Trinajstić information content (AvgIpc) is 2.55. The van der Waals surface area contributed by atoms with Crippen LogP contribution in [0.25, 0.3) is 0 Å². The molecular weight excluding hydrogens is 298 g/mol. The van der Waals surface area contributed by atoms with Gasteiger partial charge in [0.25, 0.3) is 0 Å². The number of carboxylic acids is 1. The first kappa shape index (κ1) is 17.3.